The highest BCUT2D eigenvalue weighted by atomic mass is 16.6. The number of hydrogen-bond donors (Lipinski definition) is 1. The number of aromatic nitrogens is 1. The number of amides is 1. The van der Waals surface area contributed by atoms with Crippen LogP contribution in [0.4, 0.5) is 11.5 Å². The van der Waals surface area contributed by atoms with Crippen LogP contribution < -0.4 is 10.1 Å². The third kappa shape index (κ3) is 4.01. The maximum Gasteiger partial charge on any atom is 0.406 e. The maximum absolute atomic E-state index is 12.1. The zero-order valence-corrected chi connectivity index (χ0v) is 12.1. The van der Waals surface area contributed by atoms with Crippen LogP contribution in [0.1, 0.15) is 12.5 Å². The standard InChI is InChI=1S/C15H12N4O4/c1-10(23-13-6-3-7-17-14(13)19(21)22)15(20)18-12-5-2-4-11(8-12)9-16/h2-8,10H,1H3,(H,18,20). The van der Waals surface area contributed by atoms with E-state index in [-0.39, 0.29) is 5.75 Å². The number of carbonyl (C=O) groups excluding carboxylic acids is 1. The SMILES string of the molecule is CC(Oc1cccnc1[N+](=O)[O-])C(=O)Nc1cccc(C#N)c1. The first-order chi connectivity index (χ1) is 11.0. The summed E-state index contributed by atoms with van der Waals surface area (Å²) in [5.41, 5.74) is 0.837. The van der Waals surface area contributed by atoms with Crippen molar-refractivity contribution in [2.24, 2.45) is 0 Å². The highest BCUT2D eigenvalue weighted by molar-refractivity contribution is 5.94. The number of pyridine rings is 1. The van der Waals surface area contributed by atoms with Crippen LogP contribution in [0.15, 0.2) is 42.6 Å². The Hall–Kier alpha value is -3.47. The Morgan fingerprint density at radius 1 is 1.43 bits per heavy atom. The van der Waals surface area contributed by atoms with E-state index in [1.165, 1.54) is 31.3 Å². The number of nitrogens with zero attached hydrogens (tertiary/aromatic N) is 3. The van der Waals surface area contributed by atoms with Crippen LogP contribution in [0.5, 0.6) is 5.75 Å². The fraction of sp³-hybridized carbons (Fsp3) is 0.133. The minimum absolute atomic E-state index is 0.0917. The van der Waals surface area contributed by atoms with Gasteiger partial charge in [0.2, 0.25) is 5.75 Å². The van der Waals surface area contributed by atoms with E-state index >= 15 is 0 Å². The van der Waals surface area contributed by atoms with Crippen molar-refractivity contribution in [1.82, 2.24) is 4.98 Å². The molecule has 0 aliphatic heterocycles. The third-order valence-electron chi connectivity index (χ3n) is 2.86. The van der Waals surface area contributed by atoms with Gasteiger partial charge in [-0.15, -0.1) is 0 Å². The lowest BCUT2D eigenvalue weighted by molar-refractivity contribution is -0.390. The van der Waals surface area contributed by atoms with Gasteiger partial charge in [0, 0.05) is 5.69 Å². The van der Waals surface area contributed by atoms with Crippen LogP contribution >= 0.6 is 0 Å². The smallest absolute Gasteiger partial charge is 0.406 e. The van der Waals surface area contributed by atoms with Gasteiger partial charge in [-0.05, 0) is 47.2 Å². The first-order valence-corrected chi connectivity index (χ1v) is 6.58. The van der Waals surface area contributed by atoms with Crippen LogP contribution in [0.25, 0.3) is 0 Å². The second-order valence-electron chi connectivity index (χ2n) is 4.52. The largest absolute Gasteiger partial charge is 0.473 e. The number of nitrogens with one attached hydrogen (secondary N) is 1. The van der Waals surface area contributed by atoms with Gasteiger partial charge in [-0.2, -0.15) is 5.26 Å². The fourth-order valence-corrected chi connectivity index (χ4v) is 1.77. The molecule has 0 saturated carbocycles. The van der Waals surface area contributed by atoms with Crippen LogP contribution in [-0.4, -0.2) is 21.9 Å². The van der Waals surface area contributed by atoms with Gasteiger partial charge in [-0.1, -0.05) is 6.07 Å². The summed E-state index contributed by atoms with van der Waals surface area (Å²) in [6.07, 6.45) is 0.284. The molecule has 8 nitrogen and oxygen atoms in total. The fourth-order valence-electron chi connectivity index (χ4n) is 1.77. The van der Waals surface area contributed by atoms with Crippen molar-refractivity contribution in [2.75, 3.05) is 5.32 Å². The maximum atomic E-state index is 12.1. The Morgan fingerprint density at radius 2 is 2.22 bits per heavy atom. The van der Waals surface area contributed by atoms with Gasteiger partial charge in [0.15, 0.2) is 6.10 Å². The second-order valence-corrected chi connectivity index (χ2v) is 4.52. The van der Waals surface area contributed by atoms with Gasteiger partial charge < -0.3 is 20.2 Å². The van der Waals surface area contributed by atoms with E-state index in [0.29, 0.717) is 11.3 Å². The molecule has 1 atom stereocenters. The lowest BCUT2D eigenvalue weighted by atomic mass is 10.2. The number of nitriles is 1. The van der Waals surface area contributed by atoms with Gasteiger partial charge in [-0.25, -0.2) is 0 Å². The number of hydrogen-bond acceptors (Lipinski definition) is 6. The molecule has 0 saturated heterocycles. The molecule has 8 heteroatoms. The van der Waals surface area contributed by atoms with Crippen molar-refractivity contribution in [2.45, 2.75) is 13.0 Å². The van der Waals surface area contributed by atoms with Gasteiger partial charge >= 0.3 is 5.82 Å². The molecular formula is C15H12N4O4. The number of carbonyl (C=O) groups is 1. The molecule has 116 valence electrons. The molecule has 1 aromatic carbocycles. The number of nitro groups is 1. The van der Waals surface area contributed by atoms with Crippen LogP contribution in [-0.2, 0) is 4.79 Å². The summed E-state index contributed by atoms with van der Waals surface area (Å²) >= 11 is 0. The summed E-state index contributed by atoms with van der Waals surface area (Å²) < 4.78 is 5.32. The molecule has 2 rings (SSSR count). The molecule has 0 aliphatic carbocycles. The van der Waals surface area contributed by atoms with E-state index in [4.69, 9.17) is 10.00 Å². The Labute approximate surface area is 131 Å². The predicted octanol–water partition coefficient (Wildman–Crippen LogP) is 2.27. The summed E-state index contributed by atoms with van der Waals surface area (Å²) in [5.74, 6) is -1.05. The minimum Gasteiger partial charge on any atom is -0.473 e. The Bertz CT molecular complexity index is 785. The highest BCUT2D eigenvalue weighted by Crippen LogP contribution is 2.24. The highest BCUT2D eigenvalue weighted by Gasteiger charge is 2.21. The predicted molar refractivity (Wildman–Crippen MR) is 80.8 cm³/mol. The molecule has 1 unspecified atom stereocenters. The van der Waals surface area contributed by atoms with Gasteiger partial charge in [0.1, 0.15) is 6.20 Å². The molecule has 1 N–H and O–H groups in total. The van der Waals surface area contributed by atoms with Crippen molar-refractivity contribution in [3.63, 3.8) is 0 Å². The number of ether oxygens (including phenoxy) is 1. The van der Waals surface area contributed by atoms with E-state index in [1.54, 1.807) is 18.2 Å². The van der Waals surface area contributed by atoms with Gasteiger partial charge in [0.25, 0.3) is 5.91 Å². The lowest BCUT2D eigenvalue weighted by Gasteiger charge is -2.14. The Kier molecular flexibility index (Phi) is 4.84. The molecule has 1 amide bonds. The van der Waals surface area contributed by atoms with Crippen molar-refractivity contribution >= 4 is 17.4 Å². The molecule has 1 aromatic heterocycles. The van der Waals surface area contributed by atoms with Gasteiger partial charge in [0.05, 0.1) is 11.6 Å². The molecule has 1 heterocycles. The van der Waals surface area contributed by atoms with E-state index in [2.05, 4.69) is 10.3 Å². The summed E-state index contributed by atoms with van der Waals surface area (Å²) in [4.78, 5) is 25.9. The molecule has 0 spiro atoms. The van der Waals surface area contributed by atoms with Crippen LogP contribution in [0, 0.1) is 21.4 Å². The molecule has 0 radical (unpaired) electrons. The first-order valence-electron chi connectivity index (χ1n) is 6.58. The monoisotopic (exact) mass is 312 g/mol. The van der Waals surface area contributed by atoms with E-state index in [1.807, 2.05) is 6.07 Å². The summed E-state index contributed by atoms with van der Waals surface area (Å²) in [5, 5.41) is 22.3. The topological polar surface area (TPSA) is 118 Å². The average Bonchev–Trinajstić information content (AvgIpc) is 2.55. The lowest BCUT2D eigenvalue weighted by Crippen LogP contribution is -2.30. The van der Waals surface area contributed by atoms with E-state index in [0.717, 1.165) is 0 Å². The number of rotatable bonds is 5. The van der Waals surface area contributed by atoms with E-state index in [9.17, 15) is 14.9 Å². The van der Waals surface area contributed by atoms with Crippen molar-refractivity contribution < 1.29 is 14.5 Å². The number of benzene rings is 1. The molecule has 23 heavy (non-hydrogen) atoms. The third-order valence-corrected chi connectivity index (χ3v) is 2.86. The first kappa shape index (κ1) is 15.9. The molecule has 0 aliphatic rings. The van der Waals surface area contributed by atoms with Crippen molar-refractivity contribution in [1.29, 1.82) is 5.26 Å². The Morgan fingerprint density at radius 3 is 2.91 bits per heavy atom. The Balaban J connectivity index is 2.09. The zero-order valence-electron chi connectivity index (χ0n) is 12.1. The summed E-state index contributed by atoms with van der Waals surface area (Å²) in [6, 6.07) is 11.2. The second kappa shape index (κ2) is 7.00. The molecule has 0 fully saturated rings. The number of anilines is 1. The average molecular weight is 312 g/mol. The normalized spacial score (nSPS) is 11.1. The summed E-state index contributed by atoms with van der Waals surface area (Å²) in [6.45, 7) is 1.46. The molecule has 2 aromatic rings. The van der Waals surface area contributed by atoms with Crippen molar-refractivity contribution in [3.05, 3.63) is 58.3 Å². The summed E-state index contributed by atoms with van der Waals surface area (Å²) in [7, 11) is 0. The van der Waals surface area contributed by atoms with Gasteiger partial charge in [-0.3, -0.25) is 4.79 Å². The van der Waals surface area contributed by atoms with Crippen LogP contribution in [0.2, 0.25) is 0 Å². The molecule has 0 bridgehead atoms. The molecular weight excluding hydrogens is 300 g/mol. The minimum atomic E-state index is -0.983. The van der Waals surface area contributed by atoms with Crippen LogP contribution in [0.3, 0.4) is 0 Å². The van der Waals surface area contributed by atoms with Crippen molar-refractivity contribution in [3.8, 4) is 11.8 Å². The quantitative estimate of drug-likeness (QED) is 0.668. The van der Waals surface area contributed by atoms with E-state index < -0.39 is 22.8 Å². The zero-order chi connectivity index (χ0) is 16.8.